The number of rotatable bonds is 2. The van der Waals surface area contributed by atoms with E-state index in [2.05, 4.69) is 0 Å². The zero-order valence-electron chi connectivity index (χ0n) is 11.5. The Bertz CT molecular complexity index is 479. The average Bonchev–Trinajstić information content (AvgIpc) is 2.40. The largest absolute Gasteiger partial charge is 0.289 e. The standard InChI is InChI=1S/C15H14O.C2H6.CH4/c1-11-5-3-7-13(9-11)15(16)14-8-4-6-12(2)10-14;1-2;/h3-10H,1-2H3;1-2H3;1H4. The summed E-state index contributed by atoms with van der Waals surface area (Å²) in [5, 5.41) is 0. The van der Waals surface area contributed by atoms with Crippen LogP contribution in [0.2, 0.25) is 0 Å². The fourth-order valence-corrected chi connectivity index (χ4v) is 1.74. The van der Waals surface area contributed by atoms with Gasteiger partial charge in [-0.15, -0.1) is 0 Å². The van der Waals surface area contributed by atoms with E-state index in [1.54, 1.807) is 0 Å². The lowest BCUT2D eigenvalue weighted by Gasteiger charge is -2.03. The Morgan fingerprint density at radius 1 is 0.789 bits per heavy atom. The third kappa shape index (κ3) is 4.70. The average molecular weight is 256 g/mol. The molecule has 0 N–H and O–H groups in total. The minimum atomic E-state index is 0. The third-order valence-corrected chi connectivity index (χ3v) is 2.56. The molecular weight excluding hydrogens is 232 g/mol. The number of hydrogen-bond donors (Lipinski definition) is 0. The fraction of sp³-hybridized carbons (Fsp3) is 0.278. The van der Waals surface area contributed by atoms with Gasteiger partial charge in [-0.25, -0.2) is 0 Å². The summed E-state index contributed by atoms with van der Waals surface area (Å²) in [6.45, 7) is 7.99. The Morgan fingerprint density at radius 2 is 1.16 bits per heavy atom. The van der Waals surface area contributed by atoms with Gasteiger partial charge in [0.05, 0.1) is 0 Å². The van der Waals surface area contributed by atoms with Crippen molar-refractivity contribution in [3.05, 3.63) is 70.8 Å². The molecule has 0 unspecified atom stereocenters. The molecule has 0 aliphatic rings. The van der Waals surface area contributed by atoms with E-state index in [9.17, 15) is 4.79 Å². The van der Waals surface area contributed by atoms with E-state index in [0.717, 1.165) is 22.3 Å². The molecule has 0 saturated carbocycles. The Balaban J connectivity index is 0.00000103. The minimum Gasteiger partial charge on any atom is -0.289 e. The highest BCUT2D eigenvalue weighted by atomic mass is 16.1. The quantitative estimate of drug-likeness (QED) is 0.675. The van der Waals surface area contributed by atoms with Gasteiger partial charge in [0, 0.05) is 11.1 Å². The number of carbonyl (C=O) groups is 1. The molecule has 102 valence electrons. The molecule has 2 aromatic carbocycles. The van der Waals surface area contributed by atoms with Gasteiger partial charge < -0.3 is 0 Å². The van der Waals surface area contributed by atoms with E-state index < -0.39 is 0 Å². The molecule has 0 saturated heterocycles. The first kappa shape index (κ1) is 17.1. The maximum atomic E-state index is 12.2. The third-order valence-electron chi connectivity index (χ3n) is 2.56. The summed E-state index contributed by atoms with van der Waals surface area (Å²) in [6.07, 6.45) is 0. The van der Waals surface area contributed by atoms with E-state index in [4.69, 9.17) is 0 Å². The predicted molar refractivity (Wildman–Crippen MR) is 83.9 cm³/mol. The predicted octanol–water partition coefficient (Wildman–Crippen LogP) is 5.20. The van der Waals surface area contributed by atoms with Crippen molar-refractivity contribution in [1.82, 2.24) is 0 Å². The first-order valence-corrected chi connectivity index (χ1v) is 6.35. The van der Waals surface area contributed by atoms with Gasteiger partial charge in [-0.05, 0) is 26.0 Å². The maximum Gasteiger partial charge on any atom is 0.193 e. The molecule has 0 bridgehead atoms. The molecule has 0 amide bonds. The summed E-state index contributed by atoms with van der Waals surface area (Å²) in [5.74, 6) is 0.0902. The molecule has 1 nitrogen and oxygen atoms in total. The van der Waals surface area contributed by atoms with Crippen LogP contribution in [0.4, 0.5) is 0 Å². The molecule has 2 aromatic rings. The second-order valence-electron chi connectivity index (χ2n) is 4.07. The molecule has 0 aliphatic carbocycles. The Morgan fingerprint density at radius 3 is 1.47 bits per heavy atom. The Labute approximate surface area is 117 Å². The van der Waals surface area contributed by atoms with Crippen LogP contribution in [-0.4, -0.2) is 5.78 Å². The van der Waals surface area contributed by atoms with Crippen molar-refractivity contribution < 1.29 is 4.79 Å². The van der Waals surface area contributed by atoms with Crippen molar-refractivity contribution in [3.63, 3.8) is 0 Å². The zero-order chi connectivity index (χ0) is 13.5. The molecule has 0 heterocycles. The summed E-state index contributed by atoms with van der Waals surface area (Å²) in [6, 6.07) is 15.4. The SMILES string of the molecule is C.CC.Cc1cccc(C(=O)c2cccc(C)c2)c1. The fourth-order valence-electron chi connectivity index (χ4n) is 1.74. The van der Waals surface area contributed by atoms with Gasteiger partial charge in [0.2, 0.25) is 0 Å². The van der Waals surface area contributed by atoms with Crippen LogP contribution in [0.1, 0.15) is 48.3 Å². The zero-order valence-corrected chi connectivity index (χ0v) is 11.5. The van der Waals surface area contributed by atoms with Crippen molar-refractivity contribution >= 4 is 5.78 Å². The van der Waals surface area contributed by atoms with Crippen molar-refractivity contribution in [2.45, 2.75) is 35.1 Å². The van der Waals surface area contributed by atoms with Gasteiger partial charge in [0.25, 0.3) is 0 Å². The molecule has 0 aromatic heterocycles. The molecule has 0 atom stereocenters. The highest BCUT2D eigenvalue weighted by molar-refractivity contribution is 6.09. The van der Waals surface area contributed by atoms with Crippen molar-refractivity contribution in [2.24, 2.45) is 0 Å². The summed E-state index contributed by atoms with van der Waals surface area (Å²) >= 11 is 0. The first-order chi connectivity index (χ1) is 8.66. The number of aryl methyl sites for hydroxylation is 2. The van der Waals surface area contributed by atoms with E-state index in [1.807, 2.05) is 76.2 Å². The molecule has 1 heteroatoms. The van der Waals surface area contributed by atoms with E-state index in [0.29, 0.717) is 0 Å². The molecule has 0 fully saturated rings. The van der Waals surface area contributed by atoms with Crippen LogP contribution in [0.25, 0.3) is 0 Å². The van der Waals surface area contributed by atoms with Gasteiger partial charge in [0.15, 0.2) is 5.78 Å². The van der Waals surface area contributed by atoms with Crippen LogP contribution in [-0.2, 0) is 0 Å². The van der Waals surface area contributed by atoms with Crippen LogP contribution in [0, 0.1) is 13.8 Å². The second-order valence-corrected chi connectivity index (χ2v) is 4.07. The summed E-state index contributed by atoms with van der Waals surface area (Å²) in [4.78, 5) is 12.2. The second kappa shape index (κ2) is 8.25. The summed E-state index contributed by atoms with van der Waals surface area (Å²) in [7, 11) is 0. The topological polar surface area (TPSA) is 17.1 Å². The van der Waals surface area contributed by atoms with E-state index in [-0.39, 0.29) is 13.2 Å². The number of hydrogen-bond acceptors (Lipinski definition) is 1. The van der Waals surface area contributed by atoms with Crippen LogP contribution < -0.4 is 0 Å². The molecule has 0 spiro atoms. The minimum absolute atomic E-state index is 0. The summed E-state index contributed by atoms with van der Waals surface area (Å²) in [5.41, 5.74) is 3.73. The number of benzene rings is 2. The number of carbonyl (C=O) groups excluding carboxylic acids is 1. The van der Waals surface area contributed by atoms with Gasteiger partial charge in [-0.3, -0.25) is 4.79 Å². The molecule has 2 rings (SSSR count). The van der Waals surface area contributed by atoms with Crippen molar-refractivity contribution in [3.8, 4) is 0 Å². The van der Waals surface area contributed by atoms with Crippen LogP contribution in [0.15, 0.2) is 48.5 Å². The highest BCUT2D eigenvalue weighted by Crippen LogP contribution is 2.12. The van der Waals surface area contributed by atoms with E-state index in [1.165, 1.54) is 0 Å². The Kier molecular flexibility index (Phi) is 7.43. The van der Waals surface area contributed by atoms with Gasteiger partial charge in [-0.1, -0.05) is 68.8 Å². The first-order valence-electron chi connectivity index (χ1n) is 6.35. The van der Waals surface area contributed by atoms with Gasteiger partial charge >= 0.3 is 0 Å². The normalized spacial score (nSPS) is 8.84. The lowest BCUT2D eigenvalue weighted by atomic mass is 10.0. The molecule has 19 heavy (non-hydrogen) atoms. The van der Waals surface area contributed by atoms with Crippen LogP contribution in [0.5, 0.6) is 0 Å². The van der Waals surface area contributed by atoms with Crippen LogP contribution in [0.3, 0.4) is 0 Å². The summed E-state index contributed by atoms with van der Waals surface area (Å²) < 4.78 is 0. The van der Waals surface area contributed by atoms with Crippen molar-refractivity contribution in [1.29, 1.82) is 0 Å². The number of ketones is 1. The Hall–Kier alpha value is -1.89. The lowest BCUT2D eigenvalue weighted by Crippen LogP contribution is -2.01. The molecule has 0 aliphatic heterocycles. The monoisotopic (exact) mass is 256 g/mol. The van der Waals surface area contributed by atoms with E-state index >= 15 is 0 Å². The molecule has 0 radical (unpaired) electrons. The smallest absolute Gasteiger partial charge is 0.193 e. The maximum absolute atomic E-state index is 12.2. The van der Waals surface area contributed by atoms with Crippen LogP contribution >= 0.6 is 0 Å². The highest BCUT2D eigenvalue weighted by Gasteiger charge is 2.08. The van der Waals surface area contributed by atoms with Gasteiger partial charge in [0.1, 0.15) is 0 Å². The van der Waals surface area contributed by atoms with Crippen molar-refractivity contribution in [2.75, 3.05) is 0 Å². The lowest BCUT2D eigenvalue weighted by molar-refractivity contribution is 0.103. The molecular formula is C18H24O. The van der Waals surface area contributed by atoms with Gasteiger partial charge in [-0.2, -0.15) is 0 Å².